The molecule has 0 atom stereocenters. The highest BCUT2D eigenvalue weighted by Crippen LogP contribution is 2.24. The molecule has 0 bridgehead atoms. The quantitative estimate of drug-likeness (QED) is 0.691. The van der Waals surface area contributed by atoms with Gasteiger partial charge in [0, 0.05) is 19.2 Å². The van der Waals surface area contributed by atoms with Gasteiger partial charge in [0.2, 0.25) is 5.91 Å². The lowest BCUT2D eigenvalue weighted by Gasteiger charge is -2.19. The maximum Gasteiger partial charge on any atom is 0.220 e. The Kier molecular flexibility index (Phi) is 7.73. The average Bonchev–Trinajstić information content (AvgIpc) is 2.47. The third-order valence-electron chi connectivity index (χ3n) is 3.55. The van der Waals surface area contributed by atoms with Crippen molar-refractivity contribution in [1.29, 1.82) is 0 Å². The Morgan fingerprint density at radius 3 is 2.29 bits per heavy atom. The summed E-state index contributed by atoms with van der Waals surface area (Å²) in [5.41, 5.74) is 1.37. The van der Waals surface area contributed by atoms with Crippen LogP contribution in [0.25, 0.3) is 0 Å². The molecule has 1 aromatic rings. The summed E-state index contributed by atoms with van der Waals surface area (Å²) in [6.45, 7) is 7.36. The standard InChI is InChI=1S/C18H29NO4S/c1-18(2,3)15-8-10-16(11-9-15)23-13-5-7-17(20)19-12-6-14-24(4,21)22/h8-11H,5-7,12-14H2,1-4H3,(H,19,20). The zero-order valence-corrected chi connectivity index (χ0v) is 15.9. The van der Waals surface area contributed by atoms with Crippen molar-refractivity contribution in [2.24, 2.45) is 0 Å². The van der Waals surface area contributed by atoms with Gasteiger partial charge < -0.3 is 10.1 Å². The van der Waals surface area contributed by atoms with Gasteiger partial charge in [0.05, 0.1) is 12.4 Å². The monoisotopic (exact) mass is 355 g/mol. The van der Waals surface area contributed by atoms with Gasteiger partial charge in [-0.3, -0.25) is 4.79 Å². The molecule has 0 aliphatic rings. The molecule has 24 heavy (non-hydrogen) atoms. The van der Waals surface area contributed by atoms with Crippen molar-refractivity contribution in [3.05, 3.63) is 29.8 Å². The van der Waals surface area contributed by atoms with Crippen molar-refractivity contribution in [1.82, 2.24) is 5.32 Å². The van der Waals surface area contributed by atoms with Crippen LogP contribution in [0.1, 0.15) is 45.6 Å². The van der Waals surface area contributed by atoms with Crippen molar-refractivity contribution in [2.75, 3.05) is 25.2 Å². The Morgan fingerprint density at radius 2 is 1.75 bits per heavy atom. The molecule has 1 amide bonds. The fourth-order valence-electron chi connectivity index (χ4n) is 2.12. The first-order valence-corrected chi connectivity index (χ1v) is 10.3. The van der Waals surface area contributed by atoms with Gasteiger partial charge in [-0.15, -0.1) is 0 Å². The molecule has 0 radical (unpaired) electrons. The number of nitrogens with one attached hydrogen (secondary N) is 1. The highest BCUT2D eigenvalue weighted by atomic mass is 32.2. The first kappa shape index (κ1) is 20.5. The van der Waals surface area contributed by atoms with Crippen LogP contribution in [0.4, 0.5) is 0 Å². The SMILES string of the molecule is CC(C)(C)c1ccc(OCCCC(=O)NCCCS(C)(=O)=O)cc1. The Hall–Kier alpha value is -1.56. The molecule has 5 nitrogen and oxygen atoms in total. The minimum atomic E-state index is -2.96. The van der Waals surface area contributed by atoms with Crippen LogP contribution in [0.2, 0.25) is 0 Å². The normalized spacial score (nSPS) is 12.0. The Labute approximate surface area is 145 Å². The number of rotatable bonds is 9. The Morgan fingerprint density at radius 1 is 1.12 bits per heavy atom. The predicted molar refractivity (Wildman–Crippen MR) is 97.2 cm³/mol. The minimum absolute atomic E-state index is 0.0739. The maximum absolute atomic E-state index is 11.6. The lowest BCUT2D eigenvalue weighted by molar-refractivity contribution is -0.121. The van der Waals surface area contributed by atoms with E-state index in [9.17, 15) is 13.2 Å². The molecule has 0 aliphatic carbocycles. The number of carbonyl (C=O) groups is 1. The second-order valence-electron chi connectivity index (χ2n) is 7.06. The van der Waals surface area contributed by atoms with Gasteiger partial charge in [-0.25, -0.2) is 8.42 Å². The third-order valence-corrected chi connectivity index (χ3v) is 4.58. The van der Waals surface area contributed by atoms with E-state index in [4.69, 9.17) is 4.74 Å². The van der Waals surface area contributed by atoms with Crippen LogP contribution in [0.5, 0.6) is 5.75 Å². The van der Waals surface area contributed by atoms with Crippen LogP contribution in [0.15, 0.2) is 24.3 Å². The molecule has 0 spiro atoms. The van der Waals surface area contributed by atoms with E-state index in [-0.39, 0.29) is 17.1 Å². The molecule has 0 aromatic heterocycles. The summed E-state index contributed by atoms with van der Waals surface area (Å²) in [5, 5.41) is 2.72. The molecular formula is C18H29NO4S. The summed E-state index contributed by atoms with van der Waals surface area (Å²) in [5.74, 6) is 0.827. The molecule has 1 aromatic carbocycles. The van der Waals surface area contributed by atoms with E-state index in [0.29, 0.717) is 32.4 Å². The average molecular weight is 356 g/mol. The fourth-order valence-corrected chi connectivity index (χ4v) is 2.79. The van der Waals surface area contributed by atoms with E-state index >= 15 is 0 Å². The van der Waals surface area contributed by atoms with Gasteiger partial charge in [-0.2, -0.15) is 0 Å². The predicted octanol–water partition coefficient (Wildman–Crippen LogP) is 2.69. The second kappa shape index (κ2) is 9.06. The van der Waals surface area contributed by atoms with E-state index < -0.39 is 9.84 Å². The van der Waals surface area contributed by atoms with Gasteiger partial charge in [0.1, 0.15) is 15.6 Å². The van der Waals surface area contributed by atoms with E-state index in [1.54, 1.807) is 0 Å². The first-order valence-electron chi connectivity index (χ1n) is 8.26. The lowest BCUT2D eigenvalue weighted by atomic mass is 9.87. The van der Waals surface area contributed by atoms with E-state index in [1.165, 1.54) is 11.8 Å². The smallest absolute Gasteiger partial charge is 0.220 e. The molecule has 0 aliphatic heterocycles. The Balaban J connectivity index is 2.18. The summed E-state index contributed by atoms with van der Waals surface area (Å²) in [7, 11) is -2.96. The molecule has 0 heterocycles. The van der Waals surface area contributed by atoms with Crippen LogP contribution in [-0.4, -0.2) is 39.5 Å². The highest BCUT2D eigenvalue weighted by Gasteiger charge is 2.12. The molecule has 136 valence electrons. The second-order valence-corrected chi connectivity index (χ2v) is 9.32. The lowest BCUT2D eigenvalue weighted by Crippen LogP contribution is -2.26. The fraction of sp³-hybridized carbons (Fsp3) is 0.611. The summed E-state index contributed by atoms with van der Waals surface area (Å²) < 4.78 is 27.6. The van der Waals surface area contributed by atoms with Gasteiger partial charge in [-0.05, 0) is 36.0 Å². The number of ether oxygens (including phenoxy) is 1. The number of benzene rings is 1. The zero-order valence-electron chi connectivity index (χ0n) is 15.1. The van der Waals surface area contributed by atoms with Crippen LogP contribution in [0.3, 0.4) is 0 Å². The van der Waals surface area contributed by atoms with Crippen molar-refractivity contribution < 1.29 is 17.9 Å². The molecule has 0 unspecified atom stereocenters. The Bertz CT molecular complexity index is 615. The molecule has 0 saturated heterocycles. The van der Waals surface area contributed by atoms with Crippen LogP contribution in [0, 0.1) is 0 Å². The number of amides is 1. The third kappa shape index (κ3) is 8.91. The molecule has 6 heteroatoms. The number of sulfone groups is 1. The first-order chi connectivity index (χ1) is 11.1. The van der Waals surface area contributed by atoms with Crippen molar-refractivity contribution >= 4 is 15.7 Å². The molecule has 0 fully saturated rings. The van der Waals surface area contributed by atoms with Gasteiger partial charge >= 0.3 is 0 Å². The minimum Gasteiger partial charge on any atom is -0.494 e. The summed E-state index contributed by atoms with van der Waals surface area (Å²) >= 11 is 0. The summed E-state index contributed by atoms with van der Waals surface area (Å²) in [6, 6.07) is 8.02. The van der Waals surface area contributed by atoms with Crippen LogP contribution in [-0.2, 0) is 20.0 Å². The van der Waals surface area contributed by atoms with Gasteiger partial charge in [0.15, 0.2) is 0 Å². The molecule has 1 rings (SSSR count). The highest BCUT2D eigenvalue weighted by molar-refractivity contribution is 7.90. The topological polar surface area (TPSA) is 72.5 Å². The zero-order chi connectivity index (χ0) is 18.2. The maximum atomic E-state index is 11.6. The summed E-state index contributed by atoms with van der Waals surface area (Å²) in [6.07, 6.45) is 2.64. The molecule has 1 N–H and O–H groups in total. The van der Waals surface area contributed by atoms with E-state index in [2.05, 4.69) is 38.2 Å². The van der Waals surface area contributed by atoms with Crippen molar-refractivity contribution in [2.45, 2.75) is 45.4 Å². The molecular weight excluding hydrogens is 326 g/mol. The van der Waals surface area contributed by atoms with E-state index in [1.807, 2.05) is 12.1 Å². The van der Waals surface area contributed by atoms with E-state index in [0.717, 1.165) is 5.75 Å². The van der Waals surface area contributed by atoms with Crippen molar-refractivity contribution in [3.63, 3.8) is 0 Å². The van der Waals surface area contributed by atoms with Gasteiger partial charge in [-0.1, -0.05) is 32.9 Å². The number of hydrogen-bond acceptors (Lipinski definition) is 4. The largest absolute Gasteiger partial charge is 0.494 e. The summed E-state index contributed by atoms with van der Waals surface area (Å²) in [4.78, 5) is 11.6. The van der Waals surface area contributed by atoms with Gasteiger partial charge in [0.25, 0.3) is 0 Å². The number of carbonyl (C=O) groups excluding carboxylic acids is 1. The van der Waals surface area contributed by atoms with Crippen LogP contribution < -0.4 is 10.1 Å². The van der Waals surface area contributed by atoms with Crippen LogP contribution >= 0.6 is 0 Å². The molecule has 0 saturated carbocycles. The van der Waals surface area contributed by atoms with Crippen molar-refractivity contribution in [3.8, 4) is 5.75 Å². The number of hydrogen-bond donors (Lipinski definition) is 1.